The Balaban J connectivity index is 2.17. The number of methoxy groups -OCH3 is 1. The van der Waals surface area contributed by atoms with Gasteiger partial charge < -0.3 is 19.9 Å². The minimum Gasteiger partial charge on any atom is -0.468 e. The maximum atomic E-state index is 11.8. The highest BCUT2D eigenvalue weighted by molar-refractivity contribution is 5.78. The molecule has 20 heavy (non-hydrogen) atoms. The van der Waals surface area contributed by atoms with Crippen molar-refractivity contribution in [2.45, 2.75) is 13.0 Å². The summed E-state index contributed by atoms with van der Waals surface area (Å²) in [6.45, 7) is 5.23. The van der Waals surface area contributed by atoms with Crippen LogP contribution in [0.5, 0.6) is 0 Å². The number of hydrogen-bond acceptors (Lipinski definition) is 5. The number of carbonyl (C=O) groups excluding carboxylic acids is 1. The van der Waals surface area contributed by atoms with Crippen LogP contribution in [0.2, 0.25) is 0 Å². The van der Waals surface area contributed by atoms with Gasteiger partial charge in [-0.2, -0.15) is 0 Å². The quantitative estimate of drug-likeness (QED) is 0.816. The van der Waals surface area contributed by atoms with Gasteiger partial charge in [-0.3, -0.25) is 4.79 Å². The number of ether oxygens (including phenoxy) is 1. The molecule has 5 nitrogen and oxygen atoms in total. The summed E-state index contributed by atoms with van der Waals surface area (Å²) >= 11 is 0. The van der Waals surface area contributed by atoms with E-state index >= 15 is 0 Å². The Hall–Kier alpha value is -1.75. The number of para-hydroxylation sites is 2. The average molecular weight is 277 g/mol. The summed E-state index contributed by atoms with van der Waals surface area (Å²) in [6.07, 6.45) is 0. The monoisotopic (exact) mass is 277 g/mol. The Bertz CT molecular complexity index is 464. The Kier molecular flexibility index (Phi) is 4.84. The predicted molar refractivity (Wildman–Crippen MR) is 81.4 cm³/mol. The van der Waals surface area contributed by atoms with Crippen molar-refractivity contribution in [3.05, 3.63) is 24.3 Å². The number of nitrogens with one attached hydrogen (secondary N) is 1. The molecule has 0 aromatic heterocycles. The minimum absolute atomic E-state index is 0.205. The number of anilines is 2. The van der Waals surface area contributed by atoms with Crippen molar-refractivity contribution < 1.29 is 9.53 Å². The molecule has 1 aromatic carbocycles. The second kappa shape index (κ2) is 6.61. The zero-order valence-corrected chi connectivity index (χ0v) is 12.4. The molecule has 1 N–H and O–H groups in total. The smallest absolute Gasteiger partial charge is 0.324 e. The number of nitrogens with zero attached hydrogens (tertiary/aromatic N) is 2. The molecular weight excluding hydrogens is 254 g/mol. The molecule has 1 atom stereocenters. The second-order valence-corrected chi connectivity index (χ2v) is 4.99. The molecule has 1 aliphatic rings. The Morgan fingerprint density at radius 2 is 2.05 bits per heavy atom. The van der Waals surface area contributed by atoms with Crippen LogP contribution in [0.3, 0.4) is 0 Å². The van der Waals surface area contributed by atoms with E-state index in [1.54, 1.807) is 0 Å². The zero-order valence-electron chi connectivity index (χ0n) is 12.4. The van der Waals surface area contributed by atoms with Gasteiger partial charge in [-0.15, -0.1) is 0 Å². The van der Waals surface area contributed by atoms with Gasteiger partial charge >= 0.3 is 5.97 Å². The maximum absolute atomic E-state index is 11.8. The number of benzene rings is 1. The molecule has 0 saturated carbocycles. The first kappa shape index (κ1) is 14.7. The third-order valence-corrected chi connectivity index (χ3v) is 3.68. The Morgan fingerprint density at radius 1 is 1.35 bits per heavy atom. The van der Waals surface area contributed by atoms with Crippen molar-refractivity contribution in [2.24, 2.45) is 0 Å². The van der Waals surface area contributed by atoms with Gasteiger partial charge in [0.05, 0.1) is 18.5 Å². The summed E-state index contributed by atoms with van der Waals surface area (Å²) in [7, 11) is 3.53. The lowest BCUT2D eigenvalue weighted by Gasteiger charge is -2.38. The predicted octanol–water partition coefficient (Wildman–Crippen LogP) is 1.09. The maximum Gasteiger partial charge on any atom is 0.324 e. The summed E-state index contributed by atoms with van der Waals surface area (Å²) in [4.78, 5) is 16.3. The van der Waals surface area contributed by atoms with E-state index in [1.165, 1.54) is 18.5 Å². The van der Waals surface area contributed by atoms with Crippen molar-refractivity contribution in [3.63, 3.8) is 0 Å². The third kappa shape index (κ3) is 3.04. The minimum atomic E-state index is -0.290. The SMILES string of the molecule is CCNC(CN1CCN(C)c2ccccc21)C(=O)OC. The Morgan fingerprint density at radius 3 is 2.70 bits per heavy atom. The van der Waals surface area contributed by atoms with E-state index in [2.05, 4.69) is 34.3 Å². The van der Waals surface area contributed by atoms with Gasteiger partial charge in [0.2, 0.25) is 0 Å². The molecule has 0 saturated heterocycles. The van der Waals surface area contributed by atoms with E-state index in [1.807, 2.05) is 19.1 Å². The number of likely N-dealkylation sites (N-methyl/N-ethyl adjacent to an activating group) is 2. The van der Waals surface area contributed by atoms with Gasteiger partial charge in [0.25, 0.3) is 0 Å². The van der Waals surface area contributed by atoms with Crippen LogP contribution in [0.25, 0.3) is 0 Å². The number of carbonyl (C=O) groups is 1. The van der Waals surface area contributed by atoms with E-state index in [0.717, 1.165) is 19.6 Å². The highest BCUT2D eigenvalue weighted by Crippen LogP contribution is 2.31. The van der Waals surface area contributed by atoms with Gasteiger partial charge in [-0.1, -0.05) is 19.1 Å². The summed E-state index contributed by atoms with van der Waals surface area (Å²) in [5.41, 5.74) is 2.38. The molecular formula is C15H23N3O2. The van der Waals surface area contributed by atoms with E-state index in [4.69, 9.17) is 4.74 Å². The molecule has 0 amide bonds. The number of hydrogen-bond donors (Lipinski definition) is 1. The van der Waals surface area contributed by atoms with Crippen LogP contribution in [-0.4, -0.2) is 52.3 Å². The first-order valence-electron chi connectivity index (χ1n) is 7.03. The molecule has 5 heteroatoms. The highest BCUT2D eigenvalue weighted by atomic mass is 16.5. The van der Waals surface area contributed by atoms with E-state index in [9.17, 15) is 4.79 Å². The summed E-state index contributed by atoms with van der Waals surface area (Å²) in [5.74, 6) is -0.205. The van der Waals surface area contributed by atoms with E-state index in [-0.39, 0.29) is 12.0 Å². The highest BCUT2D eigenvalue weighted by Gasteiger charge is 2.26. The molecule has 110 valence electrons. The van der Waals surface area contributed by atoms with Crippen LogP contribution in [0, 0.1) is 0 Å². The normalized spacial score (nSPS) is 15.8. The van der Waals surface area contributed by atoms with Crippen molar-refractivity contribution >= 4 is 17.3 Å². The van der Waals surface area contributed by atoms with Crippen molar-refractivity contribution in [1.82, 2.24) is 5.32 Å². The van der Waals surface area contributed by atoms with E-state index < -0.39 is 0 Å². The summed E-state index contributed by atoms with van der Waals surface area (Å²) in [6, 6.07) is 8.00. The molecule has 2 rings (SSSR count). The van der Waals surface area contributed by atoms with E-state index in [0.29, 0.717) is 6.54 Å². The van der Waals surface area contributed by atoms with Crippen LogP contribution in [-0.2, 0) is 9.53 Å². The molecule has 0 fully saturated rings. The largest absolute Gasteiger partial charge is 0.468 e. The molecule has 0 aliphatic carbocycles. The van der Waals surface area contributed by atoms with Crippen molar-refractivity contribution in [2.75, 3.05) is 50.1 Å². The fraction of sp³-hybridized carbons (Fsp3) is 0.533. The second-order valence-electron chi connectivity index (χ2n) is 4.99. The van der Waals surface area contributed by atoms with Crippen LogP contribution in [0.1, 0.15) is 6.92 Å². The molecule has 1 aromatic rings. The lowest BCUT2D eigenvalue weighted by atomic mass is 10.1. The lowest BCUT2D eigenvalue weighted by Crippen LogP contribution is -2.50. The van der Waals surface area contributed by atoms with Gasteiger partial charge in [-0.05, 0) is 18.7 Å². The van der Waals surface area contributed by atoms with Crippen LogP contribution in [0.15, 0.2) is 24.3 Å². The van der Waals surface area contributed by atoms with Crippen LogP contribution >= 0.6 is 0 Å². The standard InChI is InChI=1S/C15H23N3O2/c1-4-16-12(15(19)20-3)11-18-10-9-17(2)13-7-5-6-8-14(13)18/h5-8,12,16H,4,9-11H2,1-3H3. The van der Waals surface area contributed by atoms with Crippen LogP contribution < -0.4 is 15.1 Å². The number of esters is 1. The summed E-state index contributed by atoms with van der Waals surface area (Å²) < 4.78 is 4.88. The molecule has 1 unspecified atom stereocenters. The zero-order chi connectivity index (χ0) is 14.5. The number of rotatable bonds is 5. The Labute approximate surface area is 120 Å². The van der Waals surface area contributed by atoms with Gasteiger partial charge in [-0.25, -0.2) is 0 Å². The molecule has 0 bridgehead atoms. The van der Waals surface area contributed by atoms with Crippen molar-refractivity contribution in [1.29, 1.82) is 0 Å². The lowest BCUT2D eigenvalue weighted by molar-refractivity contribution is -0.142. The summed E-state index contributed by atoms with van der Waals surface area (Å²) in [5, 5.41) is 3.19. The van der Waals surface area contributed by atoms with Gasteiger partial charge in [0, 0.05) is 26.7 Å². The fourth-order valence-electron chi connectivity index (χ4n) is 2.59. The molecule has 0 radical (unpaired) electrons. The number of fused-ring (bicyclic) bond motifs is 1. The van der Waals surface area contributed by atoms with Gasteiger partial charge in [0.15, 0.2) is 0 Å². The fourth-order valence-corrected chi connectivity index (χ4v) is 2.59. The average Bonchev–Trinajstić information content (AvgIpc) is 2.49. The van der Waals surface area contributed by atoms with Crippen molar-refractivity contribution in [3.8, 4) is 0 Å². The molecule has 1 aliphatic heterocycles. The van der Waals surface area contributed by atoms with Gasteiger partial charge in [0.1, 0.15) is 6.04 Å². The third-order valence-electron chi connectivity index (χ3n) is 3.68. The first-order chi connectivity index (χ1) is 9.67. The topological polar surface area (TPSA) is 44.8 Å². The molecule has 0 spiro atoms. The first-order valence-corrected chi connectivity index (χ1v) is 7.03. The van der Waals surface area contributed by atoms with Crippen LogP contribution in [0.4, 0.5) is 11.4 Å². The molecule has 1 heterocycles.